The Morgan fingerprint density at radius 2 is 1.81 bits per heavy atom. The summed E-state index contributed by atoms with van der Waals surface area (Å²) in [4.78, 5) is 28.1. The van der Waals surface area contributed by atoms with E-state index in [1.165, 1.54) is 0 Å². The standard InChI is InChI=1S/C19H13BrF2N2O3/c20-12-7-6-10(11-3-2-8-23-17(11)12)9-15(19(26)27)24-18(25)16-13(21)4-1-5-14(16)22/h1-8,15H,9H2,(H,24,25)(H,26,27). The average molecular weight is 435 g/mol. The first kappa shape index (κ1) is 18.9. The molecule has 0 fully saturated rings. The van der Waals surface area contributed by atoms with Crippen LogP contribution in [0.15, 0.2) is 53.1 Å². The summed E-state index contributed by atoms with van der Waals surface area (Å²) in [7, 11) is 0. The summed E-state index contributed by atoms with van der Waals surface area (Å²) >= 11 is 3.38. The highest BCUT2D eigenvalue weighted by molar-refractivity contribution is 9.10. The Labute approximate surface area is 161 Å². The predicted molar refractivity (Wildman–Crippen MR) is 98.4 cm³/mol. The summed E-state index contributed by atoms with van der Waals surface area (Å²) in [5.41, 5.74) is 0.458. The van der Waals surface area contributed by atoms with E-state index in [0.29, 0.717) is 16.5 Å². The number of nitrogens with one attached hydrogen (secondary N) is 1. The SMILES string of the molecule is O=C(NC(Cc1ccc(Br)c2ncccc12)C(=O)O)c1c(F)cccc1F. The van der Waals surface area contributed by atoms with E-state index < -0.39 is 35.1 Å². The monoisotopic (exact) mass is 434 g/mol. The zero-order chi connectivity index (χ0) is 19.6. The highest BCUT2D eigenvalue weighted by atomic mass is 79.9. The topological polar surface area (TPSA) is 79.3 Å². The van der Waals surface area contributed by atoms with E-state index in [0.717, 1.165) is 22.7 Å². The molecule has 0 spiro atoms. The lowest BCUT2D eigenvalue weighted by molar-refractivity contribution is -0.139. The number of carboxylic acid groups (broad SMARTS) is 1. The largest absolute Gasteiger partial charge is 0.480 e. The van der Waals surface area contributed by atoms with Crippen LogP contribution in [0.25, 0.3) is 10.9 Å². The molecule has 1 unspecified atom stereocenters. The third-order valence-electron chi connectivity index (χ3n) is 4.03. The summed E-state index contributed by atoms with van der Waals surface area (Å²) in [6.07, 6.45) is 1.53. The molecule has 0 aliphatic rings. The number of amides is 1. The van der Waals surface area contributed by atoms with Gasteiger partial charge in [0.2, 0.25) is 0 Å². The van der Waals surface area contributed by atoms with Crippen LogP contribution >= 0.6 is 15.9 Å². The van der Waals surface area contributed by atoms with Gasteiger partial charge in [-0.1, -0.05) is 18.2 Å². The summed E-state index contributed by atoms with van der Waals surface area (Å²) in [5.74, 6) is -4.57. The minimum absolute atomic E-state index is 0.0768. The van der Waals surface area contributed by atoms with E-state index in [-0.39, 0.29) is 6.42 Å². The number of rotatable bonds is 5. The molecule has 1 aromatic heterocycles. The van der Waals surface area contributed by atoms with Crippen molar-refractivity contribution in [2.75, 3.05) is 0 Å². The Hall–Kier alpha value is -2.87. The molecule has 8 heteroatoms. The van der Waals surface area contributed by atoms with E-state index in [2.05, 4.69) is 26.2 Å². The highest BCUT2D eigenvalue weighted by Gasteiger charge is 2.25. The third kappa shape index (κ3) is 3.95. The van der Waals surface area contributed by atoms with Gasteiger partial charge in [-0.05, 0) is 45.8 Å². The van der Waals surface area contributed by atoms with Crippen molar-refractivity contribution in [3.63, 3.8) is 0 Å². The lowest BCUT2D eigenvalue weighted by Crippen LogP contribution is -2.43. The maximum absolute atomic E-state index is 13.8. The molecule has 0 aliphatic heterocycles. The molecule has 2 N–H and O–H groups in total. The molecule has 0 radical (unpaired) electrons. The zero-order valence-corrected chi connectivity index (χ0v) is 15.3. The van der Waals surface area contributed by atoms with Crippen molar-refractivity contribution in [3.8, 4) is 0 Å². The molecule has 1 heterocycles. The quantitative estimate of drug-likeness (QED) is 0.641. The molecule has 138 valence electrons. The Morgan fingerprint density at radius 3 is 2.48 bits per heavy atom. The number of hydrogen-bond donors (Lipinski definition) is 2. The number of halogens is 3. The normalized spacial score (nSPS) is 12.0. The fourth-order valence-electron chi connectivity index (χ4n) is 2.74. The Balaban J connectivity index is 1.91. The predicted octanol–water partition coefficient (Wildman–Crippen LogP) is 3.70. The fraction of sp³-hybridized carbons (Fsp3) is 0.105. The fourth-order valence-corrected chi connectivity index (χ4v) is 3.19. The van der Waals surface area contributed by atoms with Crippen molar-refractivity contribution < 1.29 is 23.5 Å². The van der Waals surface area contributed by atoms with Gasteiger partial charge in [-0.15, -0.1) is 0 Å². The van der Waals surface area contributed by atoms with Crippen molar-refractivity contribution in [1.29, 1.82) is 0 Å². The van der Waals surface area contributed by atoms with Gasteiger partial charge in [-0.3, -0.25) is 9.78 Å². The van der Waals surface area contributed by atoms with Crippen LogP contribution in [0, 0.1) is 11.6 Å². The van der Waals surface area contributed by atoms with Gasteiger partial charge < -0.3 is 10.4 Å². The number of carbonyl (C=O) groups excluding carboxylic acids is 1. The van der Waals surface area contributed by atoms with E-state index in [1.54, 1.807) is 30.5 Å². The first-order valence-electron chi connectivity index (χ1n) is 7.88. The van der Waals surface area contributed by atoms with Crippen LogP contribution in [0.1, 0.15) is 15.9 Å². The molecule has 1 amide bonds. The van der Waals surface area contributed by atoms with Gasteiger partial charge in [0.15, 0.2) is 0 Å². The van der Waals surface area contributed by atoms with Crippen LogP contribution in [-0.2, 0) is 11.2 Å². The van der Waals surface area contributed by atoms with E-state index in [9.17, 15) is 23.5 Å². The van der Waals surface area contributed by atoms with Crippen LogP contribution in [0.3, 0.4) is 0 Å². The van der Waals surface area contributed by atoms with Gasteiger partial charge in [0, 0.05) is 22.5 Å². The summed E-state index contributed by atoms with van der Waals surface area (Å²) in [5, 5.41) is 12.4. The Morgan fingerprint density at radius 1 is 1.11 bits per heavy atom. The van der Waals surface area contributed by atoms with E-state index in [1.807, 2.05) is 0 Å². The van der Waals surface area contributed by atoms with Crippen molar-refractivity contribution in [1.82, 2.24) is 10.3 Å². The number of carbonyl (C=O) groups is 2. The van der Waals surface area contributed by atoms with Crippen LogP contribution in [0.2, 0.25) is 0 Å². The zero-order valence-electron chi connectivity index (χ0n) is 13.7. The van der Waals surface area contributed by atoms with Gasteiger partial charge in [0.1, 0.15) is 23.2 Å². The number of pyridine rings is 1. The second-order valence-electron chi connectivity index (χ2n) is 5.77. The minimum Gasteiger partial charge on any atom is -0.480 e. The van der Waals surface area contributed by atoms with Crippen LogP contribution in [-0.4, -0.2) is 28.0 Å². The summed E-state index contributed by atoms with van der Waals surface area (Å²) in [6, 6.07) is 8.53. The van der Waals surface area contributed by atoms with Gasteiger partial charge >= 0.3 is 5.97 Å². The van der Waals surface area contributed by atoms with Crippen LogP contribution in [0.5, 0.6) is 0 Å². The summed E-state index contributed by atoms with van der Waals surface area (Å²) in [6.45, 7) is 0. The number of fused-ring (bicyclic) bond motifs is 1. The third-order valence-corrected chi connectivity index (χ3v) is 4.67. The average Bonchev–Trinajstić information content (AvgIpc) is 2.63. The second kappa shape index (κ2) is 7.79. The van der Waals surface area contributed by atoms with Gasteiger partial charge in [0.05, 0.1) is 5.52 Å². The first-order chi connectivity index (χ1) is 12.9. The molecule has 27 heavy (non-hydrogen) atoms. The highest BCUT2D eigenvalue weighted by Crippen LogP contribution is 2.26. The van der Waals surface area contributed by atoms with Crippen LogP contribution < -0.4 is 5.32 Å². The Bertz CT molecular complexity index is 1020. The second-order valence-corrected chi connectivity index (χ2v) is 6.63. The lowest BCUT2D eigenvalue weighted by atomic mass is 10.0. The molecular formula is C19H13BrF2N2O3. The molecule has 0 aliphatic carbocycles. The number of hydrogen-bond acceptors (Lipinski definition) is 3. The molecule has 0 bridgehead atoms. The number of aliphatic carboxylic acids is 1. The molecule has 3 aromatic rings. The summed E-state index contributed by atoms with van der Waals surface area (Å²) < 4.78 is 28.3. The van der Waals surface area contributed by atoms with Crippen molar-refractivity contribution >= 4 is 38.7 Å². The van der Waals surface area contributed by atoms with Crippen molar-refractivity contribution in [2.24, 2.45) is 0 Å². The molecule has 2 aromatic carbocycles. The number of aromatic nitrogens is 1. The van der Waals surface area contributed by atoms with Crippen LogP contribution in [0.4, 0.5) is 8.78 Å². The lowest BCUT2D eigenvalue weighted by Gasteiger charge is -2.16. The molecule has 1 atom stereocenters. The van der Waals surface area contributed by atoms with E-state index >= 15 is 0 Å². The smallest absolute Gasteiger partial charge is 0.326 e. The van der Waals surface area contributed by atoms with Gasteiger partial charge in [-0.2, -0.15) is 0 Å². The van der Waals surface area contributed by atoms with Gasteiger partial charge in [-0.25, -0.2) is 13.6 Å². The number of carboxylic acids is 1. The molecule has 0 saturated heterocycles. The van der Waals surface area contributed by atoms with E-state index in [4.69, 9.17) is 0 Å². The van der Waals surface area contributed by atoms with Crippen molar-refractivity contribution in [3.05, 3.63) is 75.9 Å². The molecule has 3 rings (SSSR count). The number of benzene rings is 2. The van der Waals surface area contributed by atoms with Gasteiger partial charge in [0.25, 0.3) is 5.91 Å². The minimum atomic E-state index is -1.37. The maximum atomic E-state index is 13.8. The molecular weight excluding hydrogens is 422 g/mol. The number of nitrogens with zero attached hydrogens (tertiary/aromatic N) is 1. The maximum Gasteiger partial charge on any atom is 0.326 e. The van der Waals surface area contributed by atoms with Crippen molar-refractivity contribution in [2.45, 2.75) is 12.5 Å². The first-order valence-corrected chi connectivity index (χ1v) is 8.67. The Kier molecular flexibility index (Phi) is 5.46. The molecule has 0 saturated carbocycles. The molecule has 5 nitrogen and oxygen atoms in total.